The van der Waals surface area contributed by atoms with Crippen molar-refractivity contribution < 1.29 is 42.9 Å². The predicted molar refractivity (Wildman–Crippen MR) is 137 cm³/mol. The van der Waals surface area contributed by atoms with E-state index in [0.29, 0.717) is 5.75 Å². The largest absolute Gasteiger partial charge is 0.463 e. The van der Waals surface area contributed by atoms with Crippen molar-refractivity contribution in [3.8, 4) is 5.75 Å². The quantitative estimate of drug-likeness (QED) is 0.245. The van der Waals surface area contributed by atoms with Crippen molar-refractivity contribution in [2.45, 2.75) is 58.7 Å². The summed E-state index contributed by atoms with van der Waals surface area (Å²) in [5.41, 5.74) is 0. The van der Waals surface area contributed by atoms with Crippen LogP contribution in [0.3, 0.4) is 0 Å². The van der Waals surface area contributed by atoms with E-state index in [1.807, 2.05) is 42.5 Å². The van der Waals surface area contributed by atoms with Crippen LogP contribution in [0.15, 0.2) is 54.6 Å². The molecule has 0 amide bonds. The van der Waals surface area contributed by atoms with Gasteiger partial charge in [-0.1, -0.05) is 30.3 Å². The van der Waals surface area contributed by atoms with E-state index in [1.165, 1.54) is 27.7 Å². The molecule has 1 fully saturated rings. The first-order chi connectivity index (χ1) is 18.1. The Labute approximate surface area is 219 Å². The van der Waals surface area contributed by atoms with Gasteiger partial charge in [0.15, 0.2) is 6.10 Å². The van der Waals surface area contributed by atoms with Gasteiger partial charge in [-0.2, -0.15) is 0 Å². The zero-order valence-electron chi connectivity index (χ0n) is 21.7. The predicted octanol–water partition coefficient (Wildman–Crippen LogP) is 4.12. The molecule has 1 heterocycles. The fraction of sp³-hybridized carbons (Fsp3) is 0.379. The van der Waals surface area contributed by atoms with E-state index in [0.717, 1.165) is 21.5 Å². The molecule has 0 spiro atoms. The van der Waals surface area contributed by atoms with Gasteiger partial charge >= 0.3 is 17.9 Å². The number of hydrogen-bond acceptors (Lipinski definition) is 9. The lowest BCUT2D eigenvalue weighted by Crippen LogP contribution is -2.60. The van der Waals surface area contributed by atoms with Crippen LogP contribution in [-0.2, 0) is 38.1 Å². The lowest BCUT2D eigenvalue weighted by Gasteiger charge is -2.44. The lowest BCUT2D eigenvalue weighted by molar-refractivity contribution is -0.274. The topological polar surface area (TPSA) is 114 Å². The number of esters is 3. The minimum atomic E-state index is -1.22. The van der Waals surface area contributed by atoms with Crippen molar-refractivity contribution in [1.29, 1.82) is 0 Å². The molecule has 5 unspecified atom stereocenters. The molecule has 38 heavy (non-hydrogen) atoms. The van der Waals surface area contributed by atoms with E-state index in [9.17, 15) is 19.2 Å². The van der Waals surface area contributed by atoms with Crippen LogP contribution in [0, 0.1) is 5.92 Å². The highest BCUT2D eigenvalue weighted by atomic mass is 16.7. The van der Waals surface area contributed by atoms with Crippen LogP contribution in [0.25, 0.3) is 21.5 Å². The van der Waals surface area contributed by atoms with E-state index in [4.69, 9.17) is 23.7 Å². The van der Waals surface area contributed by atoms with Crippen LogP contribution in [0.5, 0.6) is 5.75 Å². The van der Waals surface area contributed by atoms with Gasteiger partial charge in [0, 0.05) is 33.1 Å². The number of Topliss-reactive ketones (excluding diaryl/α,β-unsaturated/α-hetero) is 1. The highest BCUT2D eigenvalue weighted by Gasteiger charge is 2.51. The number of ether oxygens (including phenoxy) is 5. The third-order valence-corrected chi connectivity index (χ3v) is 6.31. The second-order valence-electron chi connectivity index (χ2n) is 9.39. The molecule has 3 aromatic carbocycles. The molecule has 0 saturated carbocycles. The summed E-state index contributed by atoms with van der Waals surface area (Å²) in [7, 11) is 0. The Kier molecular flexibility index (Phi) is 8.26. The molecular formula is C29H30O9. The molecule has 3 aromatic rings. The van der Waals surface area contributed by atoms with Gasteiger partial charge in [0.1, 0.15) is 24.2 Å². The lowest BCUT2D eigenvalue weighted by atomic mass is 9.85. The Morgan fingerprint density at radius 3 is 1.95 bits per heavy atom. The van der Waals surface area contributed by atoms with Gasteiger partial charge in [-0.15, -0.1) is 0 Å². The first-order valence-corrected chi connectivity index (χ1v) is 12.3. The monoisotopic (exact) mass is 522 g/mol. The number of carbonyl (C=O) groups is 4. The summed E-state index contributed by atoms with van der Waals surface area (Å²) in [6.07, 6.45) is -4.40. The molecule has 9 heteroatoms. The van der Waals surface area contributed by atoms with Crippen LogP contribution in [-0.4, -0.2) is 54.9 Å². The molecule has 0 radical (unpaired) electrons. The smallest absolute Gasteiger partial charge is 0.303 e. The Balaban J connectivity index is 1.71. The molecule has 0 aliphatic carbocycles. The Morgan fingerprint density at radius 1 is 0.737 bits per heavy atom. The van der Waals surface area contributed by atoms with Crippen molar-refractivity contribution in [3.63, 3.8) is 0 Å². The molecule has 200 valence electrons. The van der Waals surface area contributed by atoms with Gasteiger partial charge < -0.3 is 28.5 Å². The number of ketones is 1. The molecule has 0 bridgehead atoms. The highest BCUT2D eigenvalue weighted by Crippen LogP contribution is 2.35. The van der Waals surface area contributed by atoms with Gasteiger partial charge in [-0.3, -0.25) is 14.4 Å². The standard InChI is InChI=1S/C29H30O9/c1-16(30)11-25-26(15-34-17(2)31)38-29(28(36-19(4)33)27(25)35-18(3)32)37-24-10-9-22-12-20-7-5-6-8-21(20)13-23(22)14-24/h5-10,12-14,25-29H,11,15H2,1-4H3. The minimum absolute atomic E-state index is 0.0581. The highest BCUT2D eigenvalue weighted by molar-refractivity contribution is 5.98. The summed E-state index contributed by atoms with van der Waals surface area (Å²) in [6, 6.07) is 17.6. The average molecular weight is 523 g/mol. The van der Waals surface area contributed by atoms with Crippen LogP contribution in [0.4, 0.5) is 0 Å². The number of fused-ring (bicyclic) bond motifs is 2. The summed E-state index contributed by atoms with van der Waals surface area (Å²) in [4.78, 5) is 47.8. The van der Waals surface area contributed by atoms with Gasteiger partial charge in [0.2, 0.25) is 12.4 Å². The van der Waals surface area contributed by atoms with Gasteiger partial charge in [-0.25, -0.2) is 0 Å². The number of rotatable bonds is 8. The van der Waals surface area contributed by atoms with Crippen molar-refractivity contribution >= 4 is 45.2 Å². The minimum Gasteiger partial charge on any atom is -0.463 e. The molecule has 5 atom stereocenters. The zero-order valence-corrected chi connectivity index (χ0v) is 21.7. The van der Waals surface area contributed by atoms with E-state index >= 15 is 0 Å². The molecular weight excluding hydrogens is 492 g/mol. The Morgan fingerprint density at radius 2 is 1.34 bits per heavy atom. The maximum atomic E-state index is 12.1. The summed E-state index contributed by atoms with van der Waals surface area (Å²) < 4.78 is 28.6. The molecule has 1 aliphatic rings. The first kappa shape index (κ1) is 27.1. The summed E-state index contributed by atoms with van der Waals surface area (Å²) in [5.74, 6) is -2.35. The summed E-state index contributed by atoms with van der Waals surface area (Å²) in [6.45, 7) is 4.86. The second kappa shape index (κ2) is 11.6. The number of hydrogen-bond donors (Lipinski definition) is 0. The third kappa shape index (κ3) is 6.47. The molecule has 9 nitrogen and oxygen atoms in total. The van der Waals surface area contributed by atoms with Crippen molar-refractivity contribution in [3.05, 3.63) is 54.6 Å². The average Bonchev–Trinajstić information content (AvgIpc) is 2.84. The molecule has 1 saturated heterocycles. The number of benzene rings is 3. The van der Waals surface area contributed by atoms with E-state index < -0.39 is 48.4 Å². The zero-order chi connectivity index (χ0) is 27.4. The maximum absolute atomic E-state index is 12.1. The van der Waals surface area contributed by atoms with Crippen LogP contribution in [0.2, 0.25) is 0 Å². The fourth-order valence-corrected chi connectivity index (χ4v) is 4.78. The summed E-state index contributed by atoms with van der Waals surface area (Å²) >= 11 is 0. The molecule has 4 rings (SSSR count). The van der Waals surface area contributed by atoms with Crippen molar-refractivity contribution in [2.75, 3.05) is 6.61 Å². The normalized spacial score (nSPS) is 23.0. The molecule has 0 aromatic heterocycles. The maximum Gasteiger partial charge on any atom is 0.303 e. The molecule has 1 aliphatic heterocycles. The number of carbonyl (C=O) groups excluding carboxylic acids is 4. The van der Waals surface area contributed by atoms with Gasteiger partial charge in [-0.05, 0) is 52.7 Å². The third-order valence-electron chi connectivity index (χ3n) is 6.31. The van der Waals surface area contributed by atoms with Crippen LogP contribution < -0.4 is 4.74 Å². The van der Waals surface area contributed by atoms with Crippen LogP contribution in [0.1, 0.15) is 34.1 Å². The molecule has 0 N–H and O–H groups in total. The van der Waals surface area contributed by atoms with E-state index in [1.54, 1.807) is 6.07 Å². The van der Waals surface area contributed by atoms with E-state index in [2.05, 4.69) is 6.07 Å². The van der Waals surface area contributed by atoms with Crippen molar-refractivity contribution in [1.82, 2.24) is 0 Å². The second-order valence-corrected chi connectivity index (χ2v) is 9.39. The summed E-state index contributed by atoms with van der Waals surface area (Å²) in [5, 5.41) is 4.09. The SMILES string of the molecule is CC(=O)CC1C(COC(C)=O)OC(Oc2ccc3cc4ccccc4cc3c2)C(OC(C)=O)C1OC(C)=O. The van der Waals surface area contributed by atoms with Gasteiger partial charge in [0.05, 0.1) is 0 Å². The van der Waals surface area contributed by atoms with Crippen molar-refractivity contribution in [2.24, 2.45) is 5.92 Å². The van der Waals surface area contributed by atoms with Crippen LogP contribution >= 0.6 is 0 Å². The fourth-order valence-electron chi connectivity index (χ4n) is 4.78. The van der Waals surface area contributed by atoms with E-state index in [-0.39, 0.29) is 18.8 Å². The Hall–Kier alpha value is -3.98. The first-order valence-electron chi connectivity index (χ1n) is 12.3. The Bertz CT molecular complexity index is 1360. The van der Waals surface area contributed by atoms with Gasteiger partial charge in [0.25, 0.3) is 0 Å².